The average molecular weight is 426 g/mol. The number of amides is 2. The minimum absolute atomic E-state index is 0.0119. The summed E-state index contributed by atoms with van der Waals surface area (Å²) in [6, 6.07) is 13.1. The molecule has 1 aliphatic carbocycles. The van der Waals surface area contributed by atoms with Gasteiger partial charge in [-0.1, -0.05) is 31.4 Å². The van der Waals surface area contributed by atoms with Gasteiger partial charge in [0, 0.05) is 23.7 Å². The maximum Gasteiger partial charge on any atom is 0.335 e. The number of carbonyl (C=O) groups is 1. The summed E-state index contributed by atoms with van der Waals surface area (Å²) >= 11 is 0. The molecule has 3 rings (SSSR count). The van der Waals surface area contributed by atoms with Gasteiger partial charge in [0.05, 0.1) is 11.1 Å². The van der Waals surface area contributed by atoms with Gasteiger partial charge in [-0.05, 0) is 37.1 Å². The zero-order chi connectivity index (χ0) is 21.9. The van der Waals surface area contributed by atoms with E-state index in [-0.39, 0.29) is 31.0 Å². The van der Waals surface area contributed by atoms with Crippen LogP contribution < -0.4 is 20.2 Å². The number of nitrogens with zero attached hydrogens (tertiary/aromatic N) is 2. The molecule has 1 aliphatic rings. The molecule has 2 aromatic carbocycles. The summed E-state index contributed by atoms with van der Waals surface area (Å²) in [5.41, 5.74) is 3.23. The van der Waals surface area contributed by atoms with Crippen molar-refractivity contribution >= 4 is 17.9 Å². The topological polar surface area (TPSA) is 115 Å². The fourth-order valence-electron chi connectivity index (χ4n) is 3.32. The normalized spacial score (nSPS) is 14.2. The summed E-state index contributed by atoms with van der Waals surface area (Å²) in [6.45, 7) is 0.544. The van der Waals surface area contributed by atoms with Gasteiger partial charge in [-0.15, -0.1) is 0 Å². The van der Waals surface area contributed by atoms with Gasteiger partial charge in [0.25, 0.3) is 5.69 Å². The summed E-state index contributed by atoms with van der Waals surface area (Å²) in [5.74, 6) is 1.13. The highest BCUT2D eigenvalue weighted by Crippen LogP contribution is 2.19. The van der Waals surface area contributed by atoms with E-state index in [4.69, 9.17) is 9.47 Å². The minimum Gasteiger partial charge on any atom is -0.490 e. The number of carbonyl (C=O) groups excluding carboxylic acids is 1. The Labute approximate surface area is 180 Å². The highest BCUT2D eigenvalue weighted by atomic mass is 16.6. The van der Waals surface area contributed by atoms with E-state index in [2.05, 4.69) is 15.8 Å². The van der Waals surface area contributed by atoms with E-state index in [9.17, 15) is 14.9 Å². The fraction of sp³-hybridized carbons (Fsp3) is 0.364. The number of benzene rings is 2. The lowest BCUT2D eigenvalue weighted by Gasteiger charge is -2.22. The molecule has 9 heteroatoms. The first-order chi connectivity index (χ1) is 15.1. The van der Waals surface area contributed by atoms with Crippen molar-refractivity contribution < 1.29 is 19.2 Å². The number of urea groups is 1. The van der Waals surface area contributed by atoms with Gasteiger partial charge in [-0.3, -0.25) is 10.1 Å². The van der Waals surface area contributed by atoms with Gasteiger partial charge in [-0.25, -0.2) is 10.2 Å². The molecule has 0 aliphatic heterocycles. The maximum atomic E-state index is 12.0. The summed E-state index contributed by atoms with van der Waals surface area (Å²) in [5, 5.41) is 17.6. The van der Waals surface area contributed by atoms with Crippen LogP contribution in [0.1, 0.15) is 37.7 Å². The van der Waals surface area contributed by atoms with Gasteiger partial charge in [0.2, 0.25) is 0 Å². The van der Waals surface area contributed by atoms with Crippen molar-refractivity contribution in [1.82, 2.24) is 10.7 Å². The van der Waals surface area contributed by atoms with E-state index in [0.29, 0.717) is 11.5 Å². The number of hydrogen-bond donors (Lipinski definition) is 2. The number of hydrogen-bond acceptors (Lipinski definition) is 6. The van der Waals surface area contributed by atoms with Crippen molar-refractivity contribution in [2.75, 3.05) is 13.2 Å². The third kappa shape index (κ3) is 7.29. The molecule has 2 aromatic rings. The molecule has 0 bridgehead atoms. The van der Waals surface area contributed by atoms with Crippen LogP contribution in [0.3, 0.4) is 0 Å². The Bertz CT molecular complexity index is 895. The monoisotopic (exact) mass is 426 g/mol. The van der Waals surface area contributed by atoms with E-state index >= 15 is 0 Å². The summed E-state index contributed by atoms with van der Waals surface area (Å²) < 4.78 is 11.3. The van der Waals surface area contributed by atoms with Gasteiger partial charge >= 0.3 is 6.03 Å². The van der Waals surface area contributed by atoms with Crippen LogP contribution in [0.5, 0.6) is 11.5 Å². The van der Waals surface area contributed by atoms with E-state index in [1.807, 2.05) is 18.2 Å². The van der Waals surface area contributed by atoms with Crippen LogP contribution in [0, 0.1) is 10.1 Å². The third-order valence-corrected chi connectivity index (χ3v) is 4.89. The van der Waals surface area contributed by atoms with Crippen molar-refractivity contribution in [3.8, 4) is 11.5 Å². The van der Waals surface area contributed by atoms with Crippen LogP contribution in [-0.2, 0) is 0 Å². The Hall–Kier alpha value is -3.62. The Morgan fingerprint density at radius 3 is 2.52 bits per heavy atom. The second-order valence-electron chi connectivity index (χ2n) is 7.16. The summed E-state index contributed by atoms with van der Waals surface area (Å²) in [6.07, 6.45) is 7.08. The van der Waals surface area contributed by atoms with E-state index in [1.165, 1.54) is 24.8 Å². The summed E-state index contributed by atoms with van der Waals surface area (Å²) in [4.78, 5) is 22.2. The fourth-order valence-corrected chi connectivity index (χ4v) is 3.32. The first-order valence-corrected chi connectivity index (χ1v) is 10.3. The molecular formula is C22H26N4O5. The maximum absolute atomic E-state index is 12.0. The van der Waals surface area contributed by atoms with E-state index in [0.717, 1.165) is 31.2 Å². The predicted molar refractivity (Wildman–Crippen MR) is 117 cm³/mol. The van der Waals surface area contributed by atoms with Gasteiger partial charge < -0.3 is 14.8 Å². The SMILES string of the molecule is O=C(N/N=C/c1ccccc1OCCOc1ccc([N+](=O)[O-])cc1)NC1CCCCC1. The number of nitro groups is 1. The van der Waals surface area contributed by atoms with E-state index < -0.39 is 4.92 Å². The van der Waals surface area contributed by atoms with Crippen LogP contribution >= 0.6 is 0 Å². The zero-order valence-corrected chi connectivity index (χ0v) is 17.2. The molecule has 2 N–H and O–H groups in total. The van der Waals surface area contributed by atoms with Gasteiger partial charge in [0.15, 0.2) is 0 Å². The van der Waals surface area contributed by atoms with Crippen molar-refractivity contribution in [3.05, 3.63) is 64.2 Å². The van der Waals surface area contributed by atoms with Crippen molar-refractivity contribution in [2.24, 2.45) is 5.10 Å². The molecule has 0 spiro atoms. The smallest absolute Gasteiger partial charge is 0.335 e. The van der Waals surface area contributed by atoms with Crippen molar-refractivity contribution in [1.29, 1.82) is 0 Å². The van der Waals surface area contributed by atoms with Crippen LogP contribution in [0.2, 0.25) is 0 Å². The Kier molecular flexibility index (Phi) is 8.21. The Morgan fingerprint density at radius 2 is 1.77 bits per heavy atom. The van der Waals surface area contributed by atoms with Crippen LogP contribution in [-0.4, -0.2) is 36.4 Å². The molecule has 2 amide bonds. The number of para-hydroxylation sites is 1. The lowest BCUT2D eigenvalue weighted by Crippen LogP contribution is -2.41. The first kappa shape index (κ1) is 22.1. The lowest BCUT2D eigenvalue weighted by atomic mass is 9.96. The molecule has 1 fully saturated rings. The van der Waals surface area contributed by atoms with Crippen LogP contribution in [0.25, 0.3) is 0 Å². The number of rotatable bonds is 9. The number of ether oxygens (including phenoxy) is 2. The molecule has 0 atom stereocenters. The minimum atomic E-state index is -0.458. The Balaban J connectivity index is 1.43. The molecular weight excluding hydrogens is 400 g/mol. The Morgan fingerprint density at radius 1 is 1.06 bits per heavy atom. The molecule has 164 valence electrons. The second-order valence-corrected chi connectivity index (χ2v) is 7.16. The molecule has 0 radical (unpaired) electrons. The molecule has 0 heterocycles. The van der Waals surface area contributed by atoms with Crippen LogP contribution in [0.15, 0.2) is 53.6 Å². The molecule has 31 heavy (non-hydrogen) atoms. The zero-order valence-electron chi connectivity index (χ0n) is 17.2. The highest BCUT2D eigenvalue weighted by molar-refractivity contribution is 5.84. The number of non-ortho nitro benzene ring substituents is 1. The number of hydrazone groups is 1. The number of nitro benzene ring substituents is 1. The molecule has 9 nitrogen and oxygen atoms in total. The molecule has 0 saturated heterocycles. The predicted octanol–water partition coefficient (Wildman–Crippen LogP) is 4.02. The largest absolute Gasteiger partial charge is 0.490 e. The van der Waals surface area contributed by atoms with Gasteiger partial charge in [-0.2, -0.15) is 5.10 Å². The highest BCUT2D eigenvalue weighted by Gasteiger charge is 2.15. The van der Waals surface area contributed by atoms with Crippen LogP contribution in [0.4, 0.5) is 10.5 Å². The second kappa shape index (κ2) is 11.5. The molecule has 0 unspecified atom stereocenters. The van der Waals surface area contributed by atoms with Gasteiger partial charge in [0.1, 0.15) is 24.7 Å². The van der Waals surface area contributed by atoms with Crippen molar-refractivity contribution in [3.63, 3.8) is 0 Å². The van der Waals surface area contributed by atoms with Crippen molar-refractivity contribution in [2.45, 2.75) is 38.1 Å². The standard InChI is InChI=1S/C22H26N4O5/c27-22(24-18-7-2-1-3-8-18)25-23-16-17-6-4-5-9-21(17)31-15-14-30-20-12-10-19(11-13-20)26(28)29/h4-6,9-13,16,18H,1-3,7-8,14-15H2,(H2,24,25,27)/b23-16+. The lowest BCUT2D eigenvalue weighted by molar-refractivity contribution is -0.384. The quantitative estimate of drug-likeness (QED) is 0.272. The third-order valence-electron chi connectivity index (χ3n) is 4.89. The first-order valence-electron chi connectivity index (χ1n) is 10.3. The summed E-state index contributed by atoms with van der Waals surface area (Å²) in [7, 11) is 0. The average Bonchev–Trinajstić information content (AvgIpc) is 2.78. The molecule has 1 saturated carbocycles. The molecule has 0 aromatic heterocycles. The van der Waals surface area contributed by atoms with E-state index in [1.54, 1.807) is 18.2 Å². The number of nitrogens with one attached hydrogen (secondary N) is 2.